The van der Waals surface area contributed by atoms with Crippen LogP contribution in [0.15, 0.2) is 0 Å². The number of halogens is 1. The van der Waals surface area contributed by atoms with E-state index < -0.39 is 6.17 Å². The smallest absolute Gasteiger partial charge is 0.309 e. The molecule has 0 aromatic carbocycles. The summed E-state index contributed by atoms with van der Waals surface area (Å²) in [5.41, 5.74) is 0. The molecule has 1 aliphatic heterocycles. The van der Waals surface area contributed by atoms with Crippen LogP contribution in [0.3, 0.4) is 0 Å². The zero-order chi connectivity index (χ0) is 8.10. The number of rotatable bonds is 4. The Labute approximate surface area is 65.6 Å². The third kappa shape index (κ3) is 2.84. The predicted molar refractivity (Wildman–Crippen MR) is 39.6 cm³/mol. The standard InChI is InChI=1S/C7H12FN2O/c8-7-1-3-10(5-7)4-2-9-6-11/h7H,1-5H2,(H,9,11). The Morgan fingerprint density at radius 3 is 3.09 bits per heavy atom. The van der Waals surface area contributed by atoms with Gasteiger partial charge in [0.1, 0.15) is 6.17 Å². The Balaban J connectivity index is 2.03. The molecule has 1 heterocycles. The van der Waals surface area contributed by atoms with Gasteiger partial charge in [-0.3, -0.25) is 9.69 Å². The molecule has 0 aliphatic carbocycles. The molecule has 1 rings (SSSR count). The van der Waals surface area contributed by atoms with Crippen molar-refractivity contribution in [2.45, 2.75) is 12.6 Å². The third-order valence-corrected chi connectivity index (χ3v) is 1.84. The van der Waals surface area contributed by atoms with Gasteiger partial charge in [0.25, 0.3) is 0 Å². The maximum atomic E-state index is 12.5. The van der Waals surface area contributed by atoms with Gasteiger partial charge in [-0.2, -0.15) is 0 Å². The number of nitrogens with one attached hydrogen (secondary N) is 1. The zero-order valence-corrected chi connectivity index (χ0v) is 6.35. The fourth-order valence-corrected chi connectivity index (χ4v) is 1.25. The summed E-state index contributed by atoms with van der Waals surface area (Å²) in [5.74, 6) is 0. The zero-order valence-electron chi connectivity index (χ0n) is 6.35. The molecule has 1 N–H and O–H groups in total. The molecule has 1 atom stereocenters. The van der Waals surface area contributed by atoms with E-state index in [0.717, 1.165) is 13.1 Å². The molecule has 0 saturated carbocycles. The first kappa shape index (κ1) is 8.46. The first-order valence-electron chi connectivity index (χ1n) is 3.79. The summed E-state index contributed by atoms with van der Waals surface area (Å²) in [7, 11) is 0. The van der Waals surface area contributed by atoms with Crippen LogP contribution in [0.4, 0.5) is 4.39 Å². The molecule has 0 spiro atoms. The van der Waals surface area contributed by atoms with Crippen molar-refractivity contribution in [1.29, 1.82) is 0 Å². The van der Waals surface area contributed by atoms with Crippen molar-refractivity contribution >= 4 is 6.41 Å². The molecule has 1 unspecified atom stereocenters. The van der Waals surface area contributed by atoms with Crippen LogP contribution in [-0.2, 0) is 4.79 Å². The fraction of sp³-hybridized carbons (Fsp3) is 0.857. The van der Waals surface area contributed by atoms with Gasteiger partial charge in [-0.15, -0.1) is 0 Å². The van der Waals surface area contributed by atoms with E-state index in [-0.39, 0.29) is 0 Å². The maximum Gasteiger partial charge on any atom is 0.309 e. The van der Waals surface area contributed by atoms with Crippen molar-refractivity contribution in [2.75, 3.05) is 26.2 Å². The van der Waals surface area contributed by atoms with Gasteiger partial charge in [0.05, 0.1) is 0 Å². The van der Waals surface area contributed by atoms with Crippen LogP contribution in [0.2, 0.25) is 0 Å². The minimum Gasteiger partial charge on any atom is -0.347 e. The van der Waals surface area contributed by atoms with E-state index in [1.165, 1.54) is 0 Å². The molecule has 1 radical (unpaired) electrons. The van der Waals surface area contributed by atoms with Crippen molar-refractivity contribution in [2.24, 2.45) is 0 Å². The molecule has 0 aromatic rings. The number of nitrogens with zero attached hydrogens (tertiary/aromatic N) is 1. The van der Waals surface area contributed by atoms with Crippen LogP contribution in [0, 0.1) is 0 Å². The summed E-state index contributed by atoms with van der Waals surface area (Å²) in [5, 5.41) is 2.42. The minimum atomic E-state index is -0.671. The number of alkyl halides is 1. The Morgan fingerprint density at radius 1 is 1.73 bits per heavy atom. The summed E-state index contributed by atoms with van der Waals surface area (Å²) in [6.07, 6.45) is 1.54. The second-order valence-corrected chi connectivity index (χ2v) is 2.72. The number of hydrogen-bond acceptors (Lipinski definition) is 2. The van der Waals surface area contributed by atoms with Crippen LogP contribution in [0.25, 0.3) is 0 Å². The van der Waals surface area contributed by atoms with Gasteiger partial charge in [0, 0.05) is 26.2 Å². The quantitative estimate of drug-likeness (QED) is 0.450. The minimum absolute atomic E-state index is 0.514. The summed E-state index contributed by atoms with van der Waals surface area (Å²) >= 11 is 0. The highest BCUT2D eigenvalue weighted by molar-refractivity contribution is 5.46. The van der Waals surface area contributed by atoms with Gasteiger partial charge < -0.3 is 5.32 Å². The van der Waals surface area contributed by atoms with Crippen LogP contribution in [0.5, 0.6) is 0 Å². The molecular weight excluding hydrogens is 147 g/mol. The maximum absolute atomic E-state index is 12.5. The van der Waals surface area contributed by atoms with Crippen molar-refractivity contribution in [1.82, 2.24) is 10.2 Å². The summed E-state index contributed by atoms with van der Waals surface area (Å²) in [6, 6.07) is 0. The van der Waals surface area contributed by atoms with Crippen molar-refractivity contribution in [3.05, 3.63) is 0 Å². The molecule has 0 aromatic heterocycles. The average Bonchev–Trinajstić information content (AvgIpc) is 2.37. The van der Waals surface area contributed by atoms with Gasteiger partial charge >= 0.3 is 6.41 Å². The molecular formula is C7H12FN2O. The lowest BCUT2D eigenvalue weighted by atomic mass is 10.3. The summed E-state index contributed by atoms with van der Waals surface area (Å²) in [6.45, 7) is 2.62. The van der Waals surface area contributed by atoms with E-state index in [0.29, 0.717) is 19.5 Å². The highest BCUT2D eigenvalue weighted by Gasteiger charge is 2.20. The lowest BCUT2D eigenvalue weighted by molar-refractivity contribution is 0.290. The van der Waals surface area contributed by atoms with Crippen molar-refractivity contribution < 1.29 is 9.18 Å². The van der Waals surface area contributed by atoms with Crippen LogP contribution < -0.4 is 5.32 Å². The van der Waals surface area contributed by atoms with Gasteiger partial charge in [-0.1, -0.05) is 0 Å². The Bertz CT molecular complexity index is 132. The first-order chi connectivity index (χ1) is 5.33. The van der Waals surface area contributed by atoms with Gasteiger partial charge in [0.15, 0.2) is 0 Å². The Hall–Kier alpha value is -0.640. The van der Waals surface area contributed by atoms with Crippen molar-refractivity contribution in [3.8, 4) is 0 Å². The number of carbonyl (C=O) groups excluding carboxylic acids is 1. The summed E-state index contributed by atoms with van der Waals surface area (Å²) in [4.78, 5) is 11.7. The predicted octanol–water partition coefficient (Wildman–Crippen LogP) is -0.313. The Morgan fingerprint density at radius 2 is 2.55 bits per heavy atom. The molecule has 1 fully saturated rings. The fourth-order valence-electron chi connectivity index (χ4n) is 1.25. The lowest BCUT2D eigenvalue weighted by Gasteiger charge is -2.12. The van der Waals surface area contributed by atoms with E-state index in [2.05, 4.69) is 5.32 Å². The monoisotopic (exact) mass is 159 g/mol. The second-order valence-electron chi connectivity index (χ2n) is 2.72. The van der Waals surface area contributed by atoms with E-state index in [4.69, 9.17) is 0 Å². The van der Waals surface area contributed by atoms with E-state index in [9.17, 15) is 9.18 Å². The number of hydrogen-bond donors (Lipinski definition) is 1. The van der Waals surface area contributed by atoms with Gasteiger partial charge in [0.2, 0.25) is 0 Å². The SMILES string of the molecule is O=[C]NCCN1CCC(F)C1. The molecule has 1 amide bonds. The molecule has 1 saturated heterocycles. The van der Waals surface area contributed by atoms with Gasteiger partial charge in [-0.25, -0.2) is 4.39 Å². The number of amides is 1. The van der Waals surface area contributed by atoms with E-state index in [1.807, 2.05) is 4.90 Å². The molecule has 63 valence electrons. The molecule has 1 aliphatic rings. The largest absolute Gasteiger partial charge is 0.347 e. The molecule has 4 heteroatoms. The highest BCUT2D eigenvalue weighted by Crippen LogP contribution is 2.10. The van der Waals surface area contributed by atoms with Gasteiger partial charge in [-0.05, 0) is 6.42 Å². The van der Waals surface area contributed by atoms with E-state index >= 15 is 0 Å². The molecule has 3 nitrogen and oxygen atoms in total. The highest BCUT2D eigenvalue weighted by atomic mass is 19.1. The van der Waals surface area contributed by atoms with Crippen LogP contribution in [-0.4, -0.2) is 43.7 Å². The lowest BCUT2D eigenvalue weighted by Crippen LogP contribution is -2.30. The third-order valence-electron chi connectivity index (χ3n) is 1.84. The first-order valence-corrected chi connectivity index (χ1v) is 3.79. The number of likely N-dealkylation sites (tertiary alicyclic amines) is 1. The molecule has 11 heavy (non-hydrogen) atoms. The average molecular weight is 159 g/mol. The van der Waals surface area contributed by atoms with Crippen LogP contribution >= 0.6 is 0 Å². The topological polar surface area (TPSA) is 32.3 Å². The normalized spacial score (nSPS) is 25.4. The summed E-state index contributed by atoms with van der Waals surface area (Å²) < 4.78 is 12.5. The Kier molecular flexibility index (Phi) is 3.29. The van der Waals surface area contributed by atoms with Crippen LogP contribution in [0.1, 0.15) is 6.42 Å². The van der Waals surface area contributed by atoms with Crippen molar-refractivity contribution in [3.63, 3.8) is 0 Å². The second kappa shape index (κ2) is 4.28. The molecule has 0 bridgehead atoms. The van der Waals surface area contributed by atoms with E-state index in [1.54, 1.807) is 6.41 Å².